The third-order valence-electron chi connectivity index (χ3n) is 3.47. The number of methoxy groups -OCH3 is 1. The summed E-state index contributed by atoms with van der Waals surface area (Å²) < 4.78 is 23.1. The average Bonchev–Trinajstić information content (AvgIpc) is 2.61. The lowest BCUT2D eigenvalue weighted by molar-refractivity contribution is -0.139. The fourth-order valence-electron chi connectivity index (χ4n) is 2.28. The van der Waals surface area contributed by atoms with Gasteiger partial charge in [-0.3, -0.25) is 14.4 Å². The molecule has 1 unspecified atom stereocenters. The first-order valence-corrected chi connectivity index (χ1v) is 7.74. The summed E-state index contributed by atoms with van der Waals surface area (Å²) in [5.74, 6) is -1.48. The van der Waals surface area contributed by atoms with Gasteiger partial charge < -0.3 is 25.0 Å². The molecular formula is C16H20FN3O5. The Morgan fingerprint density at radius 2 is 2.04 bits per heavy atom. The molecule has 1 aliphatic heterocycles. The summed E-state index contributed by atoms with van der Waals surface area (Å²) >= 11 is 0. The molecule has 2 N–H and O–H groups in total. The van der Waals surface area contributed by atoms with Crippen molar-refractivity contribution in [3.05, 3.63) is 24.3 Å². The Balaban J connectivity index is 1.79. The van der Waals surface area contributed by atoms with Crippen LogP contribution in [0.1, 0.15) is 0 Å². The van der Waals surface area contributed by atoms with E-state index in [9.17, 15) is 18.8 Å². The molecule has 3 amide bonds. The van der Waals surface area contributed by atoms with Crippen LogP contribution < -0.4 is 20.3 Å². The van der Waals surface area contributed by atoms with Gasteiger partial charge in [0.05, 0.1) is 18.8 Å². The lowest BCUT2D eigenvalue weighted by Gasteiger charge is -2.29. The van der Waals surface area contributed by atoms with Crippen molar-refractivity contribution >= 4 is 23.4 Å². The number of ether oxygens (including phenoxy) is 2. The Labute approximate surface area is 144 Å². The number of alkyl halides is 1. The van der Waals surface area contributed by atoms with Gasteiger partial charge >= 0.3 is 11.8 Å². The van der Waals surface area contributed by atoms with Crippen LogP contribution in [-0.2, 0) is 19.1 Å². The largest absolute Gasteiger partial charge is 0.482 e. The van der Waals surface area contributed by atoms with E-state index in [1.807, 2.05) is 0 Å². The number of halogens is 1. The molecule has 0 fully saturated rings. The van der Waals surface area contributed by atoms with Gasteiger partial charge in [0.1, 0.15) is 11.9 Å². The van der Waals surface area contributed by atoms with Gasteiger partial charge in [0.25, 0.3) is 5.91 Å². The van der Waals surface area contributed by atoms with Crippen LogP contribution in [-0.4, -0.2) is 63.9 Å². The number of hydrogen-bond acceptors (Lipinski definition) is 5. The molecule has 136 valence electrons. The molecule has 25 heavy (non-hydrogen) atoms. The molecule has 1 aromatic rings. The van der Waals surface area contributed by atoms with Crippen LogP contribution in [0, 0.1) is 0 Å². The fraction of sp³-hybridized carbons (Fsp3) is 0.438. The van der Waals surface area contributed by atoms with Gasteiger partial charge in [-0.1, -0.05) is 12.1 Å². The summed E-state index contributed by atoms with van der Waals surface area (Å²) in [6, 6.07) is 7.04. The number of fused-ring (bicyclic) bond motifs is 1. The lowest BCUT2D eigenvalue weighted by Crippen LogP contribution is -2.47. The monoisotopic (exact) mass is 353 g/mol. The maximum atomic E-state index is 13.2. The summed E-state index contributed by atoms with van der Waals surface area (Å²) in [6.07, 6.45) is -1.38. The summed E-state index contributed by atoms with van der Waals surface area (Å²) in [6.45, 7) is -0.296. The minimum absolute atomic E-state index is 0.0729. The zero-order chi connectivity index (χ0) is 18.2. The Hall–Kier alpha value is -2.68. The van der Waals surface area contributed by atoms with Crippen LogP contribution in [0.25, 0.3) is 0 Å². The highest BCUT2D eigenvalue weighted by molar-refractivity contribution is 6.35. The number of carbonyl (C=O) groups excluding carboxylic acids is 3. The number of anilines is 1. The topological polar surface area (TPSA) is 97.0 Å². The molecule has 1 aliphatic rings. The molecule has 0 bridgehead atoms. The quantitative estimate of drug-likeness (QED) is 0.652. The highest BCUT2D eigenvalue weighted by atomic mass is 19.1. The molecule has 0 aliphatic carbocycles. The predicted octanol–water partition coefficient (Wildman–Crippen LogP) is -0.371. The van der Waals surface area contributed by atoms with Crippen molar-refractivity contribution in [2.75, 3.05) is 44.9 Å². The van der Waals surface area contributed by atoms with E-state index in [-0.39, 0.29) is 38.8 Å². The summed E-state index contributed by atoms with van der Waals surface area (Å²) in [4.78, 5) is 36.7. The van der Waals surface area contributed by atoms with Crippen LogP contribution >= 0.6 is 0 Å². The van der Waals surface area contributed by atoms with Crippen molar-refractivity contribution in [2.45, 2.75) is 6.17 Å². The number of benzene rings is 1. The second-order valence-corrected chi connectivity index (χ2v) is 5.32. The van der Waals surface area contributed by atoms with Crippen molar-refractivity contribution in [3.8, 4) is 5.75 Å². The van der Waals surface area contributed by atoms with Gasteiger partial charge in [0, 0.05) is 20.2 Å². The van der Waals surface area contributed by atoms with Crippen molar-refractivity contribution < 1.29 is 28.2 Å². The summed E-state index contributed by atoms with van der Waals surface area (Å²) in [7, 11) is 1.34. The van der Waals surface area contributed by atoms with Crippen LogP contribution in [0.3, 0.4) is 0 Å². The van der Waals surface area contributed by atoms with E-state index in [4.69, 9.17) is 4.74 Å². The highest BCUT2D eigenvalue weighted by Crippen LogP contribution is 2.30. The van der Waals surface area contributed by atoms with Crippen LogP contribution in [0.15, 0.2) is 24.3 Å². The molecule has 0 radical (unpaired) electrons. The van der Waals surface area contributed by atoms with Gasteiger partial charge in [-0.15, -0.1) is 0 Å². The van der Waals surface area contributed by atoms with E-state index in [0.29, 0.717) is 11.4 Å². The van der Waals surface area contributed by atoms with Gasteiger partial charge in [-0.05, 0) is 12.1 Å². The molecule has 8 nitrogen and oxygen atoms in total. The maximum absolute atomic E-state index is 13.2. The third-order valence-corrected chi connectivity index (χ3v) is 3.47. The first kappa shape index (κ1) is 18.7. The smallest absolute Gasteiger partial charge is 0.309 e. The number of rotatable bonds is 7. The molecule has 0 saturated carbocycles. The van der Waals surface area contributed by atoms with Gasteiger partial charge in [-0.25, -0.2) is 4.39 Å². The first-order chi connectivity index (χ1) is 12.0. The summed E-state index contributed by atoms with van der Waals surface area (Å²) in [5, 5.41) is 4.57. The number of nitrogens with zero attached hydrogens (tertiary/aromatic N) is 1. The van der Waals surface area contributed by atoms with E-state index in [0.717, 1.165) is 0 Å². The van der Waals surface area contributed by atoms with E-state index in [1.165, 1.54) is 12.0 Å². The first-order valence-electron chi connectivity index (χ1n) is 7.74. The minimum Gasteiger partial charge on any atom is -0.482 e. The second kappa shape index (κ2) is 8.97. The molecule has 0 aromatic heterocycles. The van der Waals surface area contributed by atoms with Gasteiger partial charge in [-0.2, -0.15) is 0 Å². The van der Waals surface area contributed by atoms with E-state index in [1.54, 1.807) is 24.3 Å². The van der Waals surface area contributed by atoms with E-state index in [2.05, 4.69) is 15.4 Å². The Kier molecular flexibility index (Phi) is 6.70. The molecule has 1 aromatic carbocycles. The minimum atomic E-state index is -1.38. The van der Waals surface area contributed by atoms with Crippen molar-refractivity contribution in [1.82, 2.24) is 10.6 Å². The predicted molar refractivity (Wildman–Crippen MR) is 87.1 cm³/mol. The van der Waals surface area contributed by atoms with Gasteiger partial charge in [0.2, 0.25) is 0 Å². The molecule has 1 heterocycles. The van der Waals surface area contributed by atoms with Crippen LogP contribution in [0.5, 0.6) is 5.75 Å². The normalized spacial score (nSPS) is 14.3. The molecule has 2 rings (SSSR count). The van der Waals surface area contributed by atoms with Gasteiger partial charge in [0.15, 0.2) is 6.61 Å². The number of para-hydroxylation sites is 2. The van der Waals surface area contributed by atoms with Crippen molar-refractivity contribution in [3.63, 3.8) is 0 Å². The third kappa shape index (κ3) is 5.15. The highest BCUT2D eigenvalue weighted by Gasteiger charge is 2.25. The van der Waals surface area contributed by atoms with Crippen LogP contribution in [0.2, 0.25) is 0 Å². The zero-order valence-electron chi connectivity index (χ0n) is 13.8. The van der Waals surface area contributed by atoms with Crippen molar-refractivity contribution in [2.24, 2.45) is 0 Å². The van der Waals surface area contributed by atoms with E-state index < -0.39 is 18.0 Å². The second-order valence-electron chi connectivity index (χ2n) is 5.32. The van der Waals surface area contributed by atoms with Crippen LogP contribution in [0.4, 0.5) is 10.1 Å². The average molecular weight is 353 g/mol. The van der Waals surface area contributed by atoms with Crippen molar-refractivity contribution in [1.29, 1.82) is 0 Å². The number of nitrogens with one attached hydrogen (secondary N) is 2. The number of hydrogen-bond donors (Lipinski definition) is 2. The SMILES string of the molecule is COCC(F)CNC(=O)C(=O)NCCN1C(=O)COc2ccccc21. The molecule has 0 spiro atoms. The van der Waals surface area contributed by atoms with E-state index >= 15 is 0 Å². The Morgan fingerprint density at radius 3 is 2.80 bits per heavy atom. The standard InChI is InChI=1S/C16H20FN3O5/c1-24-9-11(17)8-19-16(23)15(22)18-6-7-20-12-4-2-3-5-13(12)25-10-14(20)21/h2-5,11H,6-10H2,1H3,(H,18,22)(H,19,23). The Bertz CT molecular complexity index is 640. The fourth-order valence-corrected chi connectivity index (χ4v) is 2.28. The lowest BCUT2D eigenvalue weighted by atomic mass is 10.2. The summed E-state index contributed by atoms with van der Waals surface area (Å²) in [5.41, 5.74) is 0.609. The number of amides is 3. The number of carbonyl (C=O) groups is 3. The zero-order valence-corrected chi connectivity index (χ0v) is 13.8. The molecular weight excluding hydrogens is 333 g/mol. The molecule has 1 atom stereocenters. The molecule has 0 saturated heterocycles. The Morgan fingerprint density at radius 1 is 1.32 bits per heavy atom. The maximum Gasteiger partial charge on any atom is 0.309 e. The molecule has 9 heteroatoms.